The van der Waals surface area contributed by atoms with Gasteiger partial charge in [0.25, 0.3) is 0 Å². The molecule has 39 heavy (non-hydrogen) atoms. The summed E-state index contributed by atoms with van der Waals surface area (Å²) in [5.41, 5.74) is 0.648. The van der Waals surface area contributed by atoms with Crippen molar-refractivity contribution < 1.29 is 25.6 Å². The monoisotopic (exact) mass is 589 g/mol. The molecule has 0 saturated carbocycles. The van der Waals surface area contributed by atoms with Gasteiger partial charge in [0.15, 0.2) is 9.84 Å². The van der Waals surface area contributed by atoms with Crippen LogP contribution in [0.15, 0.2) is 18.2 Å². The summed E-state index contributed by atoms with van der Waals surface area (Å²) in [7, 11) is -6.32. The standard InChI is InChI=1S/C28H45F2N3O4S2/c1-28(10-18-39(36,37)26-3-11-31-12-4-26)8-16-32(17-9-28)13-7-27(23-19-24(29)21-25(30)20-23)22-5-14-33(15-6-22)38(2,34)35/h19-22,26-27,31H,3-18H2,1-2H3. The molecule has 0 aliphatic carbocycles. The SMILES string of the molecule is CC1(CCS(=O)(=O)C2CCNCC2)CCN(CCC(c2cc(F)cc(F)c2)C2CCN(S(C)(=O)=O)CC2)CC1. The molecule has 3 saturated heterocycles. The Balaban J connectivity index is 1.33. The van der Waals surface area contributed by atoms with E-state index in [9.17, 15) is 25.6 Å². The number of halogens is 2. The second-order valence-electron chi connectivity index (χ2n) is 12.3. The number of hydrogen-bond acceptors (Lipinski definition) is 6. The van der Waals surface area contributed by atoms with Crippen LogP contribution in [-0.4, -0.2) is 89.1 Å². The Bertz CT molecular complexity index is 1150. The van der Waals surface area contributed by atoms with Gasteiger partial charge in [0.2, 0.25) is 10.0 Å². The lowest BCUT2D eigenvalue weighted by atomic mass is 9.77. The molecule has 1 aromatic rings. The highest BCUT2D eigenvalue weighted by molar-refractivity contribution is 7.92. The largest absolute Gasteiger partial charge is 0.317 e. The maximum atomic E-state index is 14.1. The van der Waals surface area contributed by atoms with Crippen LogP contribution in [0.25, 0.3) is 0 Å². The first-order valence-electron chi connectivity index (χ1n) is 14.4. The fourth-order valence-corrected chi connectivity index (χ4v) is 9.61. The first kappa shape index (κ1) is 30.8. The summed E-state index contributed by atoms with van der Waals surface area (Å²) in [5, 5.41) is 3.02. The number of nitrogens with one attached hydrogen (secondary N) is 1. The van der Waals surface area contributed by atoms with Crippen molar-refractivity contribution in [2.24, 2.45) is 11.3 Å². The lowest BCUT2D eigenvalue weighted by Crippen LogP contribution is -2.42. The molecule has 1 atom stereocenters. The Morgan fingerprint density at radius 2 is 1.54 bits per heavy atom. The molecule has 222 valence electrons. The third-order valence-electron chi connectivity index (χ3n) is 9.45. The second kappa shape index (κ2) is 12.8. The highest BCUT2D eigenvalue weighted by atomic mass is 32.2. The molecule has 1 N–H and O–H groups in total. The van der Waals surface area contributed by atoms with Crippen molar-refractivity contribution in [2.45, 2.75) is 69.5 Å². The highest BCUT2D eigenvalue weighted by Gasteiger charge is 2.35. The lowest BCUT2D eigenvalue weighted by Gasteiger charge is -2.41. The van der Waals surface area contributed by atoms with Crippen LogP contribution in [0, 0.1) is 23.0 Å². The van der Waals surface area contributed by atoms with Crippen LogP contribution in [-0.2, 0) is 19.9 Å². The minimum atomic E-state index is -3.25. The summed E-state index contributed by atoms with van der Waals surface area (Å²) in [4.78, 5) is 2.39. The van der Waals surface area contributed by atoms with Gasteiger partial charge in [-0.25, -0.2) is 29.9 Å². The van der Waals surface area contributed by atoms with Gasteiger partial charge in [0.1, 0.15) is 11.6 Å². The topological polar surface area (TPSA) is 86.8 Å². The zero-order valence-corrected chi connectivity index (χ0v) is 25.0. The molecule has 7 nitrogen and oxygen atoms in total. The summed E-state index contributed by atoms with van der Waals surface area (Å²) in [6.07, 6.45) is 7.26. The van der Waals surface area contributed by atoms with E-state index in [1.807, 2.05) is 0 Å². The van der Waals surface area contributed by atoms with E-state index in [1.54, 1.807) is 0 Å². The molecule has 4 rings (SSSR count). The van der Waals surface area contributed by atoms with Crippen molar-refractivity contribution in [3.63, 3.8) is 0 Å². The molecule has 1 unspecified atom stereocenters. The Morgan fingerprint density at radius 1 is 0.949 bits per heavy atom. The van der Waals surface area contributed by atoms with Gasteiger partial charge in [-0.3, -0.25) is 0 Å². The summed E-state index contributed by atoms with van der Waals surface area (Å²) in [6, 6.07) is 3.74. The number of hydrogen-bond donors (Lipinski definition) is 1. The van der Waals surface area contributed by atoms with Crippen molar-refractivity contribution in [3.8, 4) is 0 Å². The molecule has 0 radical (unpaired) electrons. The van der Waals surface area contributed by atoms with E-state index in [4.69, 9.17) is 0 Å². The molecule has 11 heteroatoms. The molecular weight excluding hydrogens is 544 g/mol. The normalized spacial score (nSPS) is 23.6. The van der Waals surface area contributed by atoms with E-state index in [0.717, 1.165) is 58.1 Å². The molecule has 1 aromatic carbocycles. The molecule has 3 fully saturated rings. The number of sulfone groups is 1. The summed E-state index contributed by atoms with van der Waals surface area (Å²) in [5.74, 6) is -0.818. The minimum absolute atomic E-state index is 0.0000478. The van der Waals surface area contributed by atoms with Crippen molar-refractivity contribution in [1.82, 2.24) is 14.5 Å². The van der Waals surface area contributed by atoms with Gasteiger partial charge in [-0.05, 0) is 119 Å². The van der Waals surface area contributed by atoms with Crippen LogP contribution in [0.4, 0.5) is 8.78 Å². The van der Waals surface area contributed by atoms with Gasteiger partial charge in [0.05, 0.1) is 17.3 Å². The quantitative estimate of drug-likeness (QED) is 0.447. The molecule has 3 aliphatic rings. The lowest BCUT2D eigenvalue weighted by molar-refractivity contribution is 0.108. The Kier molecular flexibility index (Phi) is 10.1. The number of nitrogens with zero attached hydrogens (tertiary/aromatic N) is 2. The zero-order chi connectivity index (χ0) is 28.3. The predicted octanol–water partition coefficient (Wildman–Crippen LogP) is 3.77. The number of benzene rings is 1. The maximum absolute atomic E-state index is 14.1. The molecule has 0 bridgehead atoms. The Hall–Kier alpha value is -1.14. The fraction of sp³-hybridized carbons (Fsp3) is 0.786. The van der Waals surface area contributed by atoms with Gasteiger partial charge in [-0.2, -0.15) is 0 Å². The Morgan fingerprint density at radius 3 is 2.10 bits per heavy atom. The first-order chi connectivity index (χ1) is 18.3. The van der Waals surface area contributed by atoms with E-state index in [0.29, 0.717) is 50.8 Å². The van der Waals surface area contributed by atoms with E-state index in [1.165, 1.54) is 22.7 Å². The molecule has 3 aliphatic heterocycles. The van der Waals surface area contributed by atoms with Crippen LogP contribution in [0.1, 0.15) is 69.8 Å². The molecule has 3 heterocycles. The van der Waals surface area contributed by atoms with Crippen LogP contribution in [0.2, 0.25) is 0 Å². The molecule has 0 aromatic heterocycles. The van der Waals surface area contributed by atoms with E-state index in [2.05, 4.69) is 17.1 Å². The first-order valence-corrected chi connectivity index (χ1v) is 18.0. The zero-order valence-electron chi connectivity index (χ0n) is 23.4. The van der Waals surface area contributed by atoms with Crippen molar-refractivity contribution in [2.75, 3.05) is 57.8 Å². The van der Waals surface area contributed by atoms with Crippen molar-refractivity contribution in [3.05, 3.63) is 35.4 Å². The van der Waals surface area contributed by atoms with Gasteiger partial charge in [0, 0.05) is 19.2 Å². The summed E-state index contributed by atoms with van der Waals surface area (Å²) in [6.45, 7) is 7.16. The van der Waals surface area contributed by atoms with Gasteiger partial charge < -0.3 is 10.2 Å². The van der Waals surface area contributed by atoms with Crippen LogP contribution in [0.5, 0.6) is 0 Å². The van der Waals surface area contributed by atoms with Crippen molar-refractivity contribution >= 4 is 19.9 Å². The summed E-state index contributed by atoms with van der Waals surface area (Å²) >= 11 is 0. The molecule has 0 amide bonds. The van der Waals surface area contributed by atoms with Gasteiger partial charge in [-0.15, -0.1) is 0 Å². The van der Waals surface area contributed by atoms with Crippen LogP contribution >= 0.6 is 0 Å². The number of sulfonamides is 1. The average Bonchev–Trinajstić information content (AvgIpc) is 2.89. The Labute approximate surface area is 233 Å². The molecular formula is C28H45F2N3O4S2. The number of piperidine rings is 3. The van der Waals surface area contributed by atoms with Gasteiger partial charge in [-0.1, -0.05) is 6.92 Å². The highest BCUT2D eigenvalue weighted by Crippen LogP contribution is 2.39. The second-order valence-corrected chi connectivity index (χ2v) is 16.7. The van der Waals surface area contributed by atoms with E-state index < -0.39 is 31.5 Å². The third-order valence-corrected chi connectivity index (χ3v) is 13.0. The smallest absolute Gasteiger partial charge is 0.211 e. The number of likely N-dealkylation sites (tertiary alicyclic amines) is 1. The third kappa shape index (κ3) is 8.44. The minimum Gasteiger partial charge on any atom is -0.317 e. The maximum Gasteiger partial charge on any atom is 0.211 e. The van der Waals surface area contributed by atoms with Crippen LogP contribution < -0.4 is 5.32 Å². The molecule has 0 spiro atoms. The van der Waals surface area contributed by atoms with E-state index >= 15 is 0 Å². The summed E-state index contributed by atoms with van der Waals surface area (Å²) < 4.78 is 79.5. The number of rotatable bonds is 10. The predicted molar refractivity (Wildman–Crippen MR) is 151 cm³/mol. The van der Waals surface area contributed by atoms with E-state index in [-0.39, 0.29) is 28.3 Å². The van der Waals surface area contributed by atoms with Crippen molar-refractivity contribution in [1.29, 1.82) is 0 Å². The van der Waals surface area contributed by atoms with Gasteiger partial charge >= 0.3 is 0 Å². The van der Waals surface area contributed by atoms with Crippen LogP contribution in [0.3, 0.4) is 0 Å². The fourth-order valence-electron chi connectivity index (χ4n) is 6.67. The average molecular weight is 590 g/mol.